The van der Waals surface area contributed by atoms with Crippen molar-refractivity contribution in [2.24, 2.45) is 0 Å². The highest BCUT2D eigenvalue weighted by atomic mass is 19.1. The van der Waals surface area contributed by atoms with E-state index in [2.05, 4.69) is 0 Å². The Morgan fingerprint density at radius 1 is 1.19 bits per heavy atom. The van der Waals surface area contributed by atoms with Crippen molar-refractivity contribution in [3.63, 3.8) is 0 Å². The Hall–Kier alpha value is -2.28. The lowest BCUT2D eigenvalue weighted by Gasteiger charge is -2.30. The van der Waals surface area contributed by atoms with Crippen molar-refractivity contribution in [3.05, 3.63) is 71.5 Å². The highest BCUT2D eigenvalue weighted by molar-refractivity contribution is 5.78. The number of amides is 1. The normalized spacial score (nSPS) is 18.7. The first-order valence-electron chi connectivity index (χ1n) is 8.73. The Kier molecular flexibility index (Phi) is 5.98. The van der Waals surface area contributed by atoms with Gasteiger partial charge in [-0.25, -0.2) is 9.45 Å². The van der Waals surface area contributed by atoms with E-state index >= 15 is 0 Å². The molecule has 0 radical (unpaired) electrons. The fourth-order valence-electron chi connectivity index (χ4n) is 3.25. The summed E-state index contributed by atoms with van der Waals surface area (Å²) in [5, 5.41) is 21.1. The Labute approximate surface area is 152 Å². The van der Waals surface area contributed by atoms with Crippen molar-refractivity contribution in [1.29, 1.82) is 0 Å². The molecule has 1 fully saturated rings. The highest BCUT2D eigenvalue weighted by Gasteiger charge is 2.29. The number of carbonyl (C=O) groups excluding carboxylic acids is 1. The molecule has 26 heavy (non-hydrogen) atoms. The molecule has 1 aliphatic heterocycles. The van der Waals surface area contributed by atoms with Crippen LogP contribution >= 0.6 is 0 Å². The van der Waals surface area contributed by atoms with Gasteiger partial charge >= 0.3 is 0 Å². The maximum absolute atomic E-state index is 13.0. The van der Waals surface area contributed by atoms with E-state index in [1.54, 1.807) is 0 Å². The molecule has 138 valence electrons. The number of rotatable bonds is 6. The molecule has 0 aliphatic carbocycles. The van der Waals surface area contributed by atoms with Gasteiger partial charge in [-0.05, 0) is 29.7 Å². The molecule has 0 unspecified atom stereocenters. The number of halogens is 1. The monoisotopic (exact) mass is 358 g/mol. The van der Waals surface area contributed by atoms with Gasteiger partial charge < -0.3 is 5.11 Å². The third-order valence-corrected chi connectivity index (χ3v) is 4.68. The van der Waals surface area contributed by atoms with Crippen LogP contribution in [0.3, 0.4) is 0 Å². The van der Waals surface area contributed by atoms with Crippen LogP contribution in [0.1, 0.15) is 23.6 Å². The summed E-state index contributed by atoms with van der Waals surface area (Å²) in [6.07, 6.45) is 0.313. The maximum Gasteiger partial charge on any atom is 0.250 e. The lowest BCUT2D eigenvalue weighted by molar-refractivity contribution is -0.177. The average Bonchev–Trinajstić information content (AvgIpc) is 3.07. The summed E-state index contributed by atoms with van der Waals surface area (Å²) in [6.45, 7) is 1.69. The maximum atomic E-state index is 13.0. The second-order valence-electron chi connectivity index (χ2n) is 6.67. The van der Waals surface area contributed by atoms with Crippen molar-refractivity contribution >= 4 is 5.91 Å². The summed E-state index contributed by atoms with van der Waals surface area (Å²) >= 11 is 0. The molecular weight excluding hydrogens is 335 g/mol. The van der Waals surface area contributed by atoms with Crippen LogP contribution in [0.15, 0.2) is 54.6 Å². The molecule has 0 bridgehead atoms. The first kappa shape index (κ1) is 18.5. The van der Waals surface area contributed by atoms with Crippen LogP contribution in [0.4, 0.5) is 4.39 Å². The van der Waals surface area contributed by atoms with Crippen LogP contribution in [-0.4, -0.2) is 51.9 Å². The average molecular weight is 358 g/mol. The minimum Gasteiger partial charge on any atom is -0.392 e. The molecule has 1 amide bonds. The number of benzene rings is 2. The molecule has 5 nitrogen and oxygen atoms in total. The predicted molar refractivity (Wildman–Crippen MR) is 95.0 cm³/mol. The number of hydrogen-bond donors (Lipinski definition) is 2. The molecule has 0 aromatic heterocycles. The SMILES string of the molecule is O=C(Cc1ccc(F)cc1)N(O)[C@H](CN1CC[C@H](O)C1)c1ccccc1. The third-order valence-electron chi connectivity index (χ3n) is 4.68. The van der Waals surface area contributed by atoms with Crippen LogP contribution in [-0.2, 0) is 11.2 Å². The summed E-state index contributed by atoms with van der Waals surface area (Å²) in [5.41, 5.74) is 1.46. The molecule has 2 aromatic carbocycles. The van der Waals surface area contributed by atoms with Gasteiger partial charge in [0.05, 0.1) is 18.6 Å². The number of carbonyl (C=O) groups is 1. The van der Waals surface area contributed by atoms with Gasteiger partial charge in [0, 0.05) is 19.6 Å². The highest BCUT2D eigenvalue weighted by Crippen LogP contribution is 2.23. The lowest BCUT2D eigenvalue weighted by Crippen LogP contribution is -2.40. The number of hydrogen-bond acceptors (Lipinski definition) is 4. The second kappa shape index (κ2) is 8.40. The van der Waals surface area contributed by atoms with E-state index in [-0.39, 0.29) is 18.3 Å². The molecular formula is C20H23FN2O3. The Morgan fingerprint density at radius 3 is 2.50 bits per heavy atom. The van der Waals surface area contributed by atoms with Crippen molar-refractivity contribution in [3.8, 4) is 0 Å². The van der Waals surface area contributed by atoms with Gasteiger partial charge in [-0.1, -0.05) is 42.5 Å². The molecule has 1 aliphatic rings. The van der Waals surface area contributed by atoms with Crippen molar-refractivity contribution in [2.45, 2.75) is 25.0 Å². The number of aliphatic hydroxyl groups is 1. The molecule has 1 saturated heterocycles. The van der Waals surface area contributed by atoms with Gasteiger partial charge in [-0.3, -0.25) is 14.9 Å². The topological polar surface area (TPSA) is 64.0 Å². The predicted octanol–water partition coefficient (Wildman–Crippen LogP) is 2.39. The Morgan fingerprint density at radius 2 is 1.88 bits per heavy atom. The molecule has 0 spiro atoms. The first-order valence-corrected chi connectivity index (χ1v) is 8.73. The lowest BCUT2D eigenvalue weighted by atomic mass is 10.0. The van der Waals surface area contributed by atoms with Gasteiger partial charge in [0.25, 0.3) is 5.91 Å². The minimum absolute atomic E-state index is 0.0112. The zero-order valence-corrected chi connectivity index (χ0v) is 14.5. The van der Waals surface area contributed by atoms with E-state index in [9.17, 15) is 19.5 Å². The number of nitrogens with zero attached hydrogens (tertiary/aromatic N) is 2. The Balaban J connectivity index is 1.74. The number of aliphatic hydroxyl groups excluding tert-OH is 1. The zero-order valence-electron chi connectivity index (χ0n) is 14.5. The fraction of sp³-hybridized carbons (Fsp3) is 0.350. The zero-order chi connectivity index (χ0) is 18.5. The minimum atomic E-state index is -0.533. The summed E-state index contributed by atoms with van der Waals surface area (Å²) in [7, 11) is 0. The van der Waals surface area contributed by atoms with Crippen LogP contribution in [0.25, 0.3) is 0 Å². The molecule has 0 saturated carbocycles. The third kappa shape index (κ3) is 4.66. The van der Waals surface area contributed by atoms with Crippen molar-refractivity contribution in [2.75, 3.05) is 19.6 Å². The molecule has 1 heterocycles. The van der Waals surface area contributed by atoms with Crippen LogP contribution in [0, 0.1) is 5.82 Å². The standard InChI is InChI=1S/C20H23FN2O3/c21-17-8-6-15(7-9-17)12-20(25)23(26)19(16-4-2-1-3-5-16)14-22-11-10-18(24)13-22/h1-9,18-19,24,26H,10-14H2/t18-,19+/m0/s1. The quantitative estimate of drug-likeness (QED) is 0.615. The van der Waals surface area contributed by atoms with Crippen LogP contribution < -0.4 is 0 Å². The van der Waals surface area contributed by atoms with E-state index in [4.69, 9.17) is 0 Å². The molecule has 2 atom stereocenters. The van der Waals surface area contributed by atoms with Crippen molar-refractivity contribution in [1.82, 2.24) is 9.96 Å². The smallest absolute Gasteiger partial charge is 0.250 e. The van der Waals surface area contributed by atoms with Crippen molar-refractivity contribution < 1.29 is 19.5 Å². The van der Waals surface area contributed by atoms with E-state index in [1.807, 2.05) is 35.2 Å². The number of β-amino-alcohol motifs (C(OH)–C–C–N with tert-alkyl or cyclic N) is 1. The number of likely N-dealkylation sites (tertiary alicyclic amines) is 1. The van der Waals surface area contributed by atoms with Gasteiger partial charge in [-0.2, -0.15) is 0 Å². The summed E-state index contributed by atoms with van der Waals surface area (Å²) in [4.78, 5) is 14.6. The Bertz CT molecular complexity index is 724. The van der Waals surface area contributed by atoms with E-state index in [1.165, 1.54) is 24.3 Å². The molecule has 3 rings (SSSR count). The van der Waals surface area contributed by atoms with E-state index in [0.717, 1.165) is 17.2 Å². The van der Waals surface area contributed by atoms with Crippen LogP contribution in [0.5, 0.6) is 0 Å². The fourth-order valence-corrected chi connectivity index (χ4v) is 3.25. The first-order chi connectivity index (χ1) is 12.5. The summed E-state index contributed by atoms with van der Waals surface area (Å²) in [6, 6.07) is 14.5. The van der Waals surface area contributed by atoms with Crippen LogP contribution in [0.2, 0.25) is 0 Å². The van der Waals surface area contributed by atoms with Gasteiger partial charge in [0.2, 0.25) is 0 Å². The van der Waals surface area contributed by atoms with E-state index < -0.39 is 11.9 Å². The van der Waals surface area contributed by atoms with Gasteiger partial charge in [0.15, 0.2) is 0 Å². The van der Waals surface area contributed by atoms with Gasteiger partial charge in [-0.15, -0.1) is 0 Å². The second-order valence-corrected chi connectivity index (χ2v) is 6.67. The van der Waals surface area contributed by atoms with E-state index in [0.29, 0.717) is 25.1 Å². The van der Waals surface area contributed by atoms with Gasteiger partial charge in [0.1, 0.15) is 5.82 Å². The summed E-state index contributed by atoms with van der Waals surface area (Å²) in [5.74, 6) is -0.818. The summed E-state index contributed by atoms with van der Waals surface area (Å²) < 4.78 is 13.0. The largest absolute Gasteiger partial charge is 0.392 e. The number of hydroxylamine groups is 2. The molecule has 2 N–H and O–H groups in total. The molecule has 6 heteroatoms. The molecule has 2 aromatic rings.